The van der Waals surface area contributed by atoms with Crippen LogP contribution in [0.1, 0.15) is 45.7 Å². The van der Waals surface area contributed by atoms with Crippen molar-refractivity contribution in [3.63, 3.8) is 0 Å². The summed E-state index contributed by atoms with van der Waals surface area (Å²) in [4.78, 5) is 0. The SMILES string of the molecule is CC(C)CC(C)(O)CNC(C)c1ccccc1O. The minimum atomic E-state index is -0.715. The highest BCUT2D eigenvalue weighted by molar-refractivity contribution is 5.34. The van der Waals surface area contributed by atoms with Gasteiger partial charge in [-0.25, -0.2) is 0 Å². The summed E-state index contributed by atoms with van der Waals surface area (Å²) in [7, 11) is 0. The summed E-state index contributed by atoms with van der Waals surface area (Å²) in [5, 5.41) is 23.3. The van der Waals surface area contributed by atoms with Gasteiger partial charge in [0.25, 0.3) is 0 Å². The molecule has 3 N–H and O–H groups in total. The highest BCUT2D eigenvalue weighted by Crippen LogP contribution is 2.24. The predicted octanol–water partition coefficient (Wildman–Crippen LogP) is 2.84. The van der Waals surface area contributed by atoms with Crippen LogP contribution < -0.4 is 5.32 Å². The minimum Gasteiger partial charge on any atom is -0.508 e. The van der Waals surface area contributed by atoms with Crippen LogP contribution in [0.25, 0.3) is 0 Å². The summed E-state index contributed by atoms with van der Waals surface area (Å²) >= 11 is 0. The average Bonchev–Trinajstić information content (AvgIpc) is 2.25. The van der Waals surface area contributed by atoms with Gasteiger partial charge in [-0.2, -0.15) is 0 Å². The van der Waals surface area contributed by atoms with E-state index in [0.29, 0.717) is 18.2 Å². The third-order valence-electron chi connectivity index (χ3n) is 3.04. The summed E-state index contributed by atoms with van der Waals surface area (Å²) in [5.41, 5.74) is 0.144. The molecule has 0 bridgehead atoms. The molecular weight excluding hydrogens is 226 g/mol. The first kappa shape index (κ1) is 15.0. The van der Waals surface area contributed by atoms with Crippen LogP contribution in [0.5, 0.6) is 5.75 Å². The second kappa shape index (κ2) is 6.21. The van der Waals surface area contributed by atoms with E-state index >= 15 is 0 Å². The predicted molar refractivity (Wildman–Crippen MR) is 74.6 cm³/mol. The molecular formula is C15H25NO2. The first-order valence-corrected chi connectivity index (χ1v) is 6.55. The number of nitrogens with one attached hydrogen (secondary N) is 1. The molecule has 0 spiro atoms. The molecule has 3 nitrogen and oxygen atoms in total. The number of benzene rings is 1. The van der Waals surface area contributed by atoms with Crippen molar-refractivity contribution in [1.82, 2.24) is 5.32 Å². The Morgan fingerprint density at radius 3 is 2.39 bits per heavy atom. The van der Waals surface area contributed by atoms with Gasteiger partial charge in [0, 0.05) is 18.2 Å². The molecule has 18 heavy (non-hydrogen) atoms. The summed E-state index contributed by atoms with van der Waals surface area (Å²) in [6.07, 6.45) is 0.757. The van der Waals surface area contributed by atoms with Crippen molar-refractivity contribution in [2.24, 2.45) is 5.92 Å². The van der Waals surface area contributed by atoms with E-state index in [-0.39, 0.29) is 6.04 Å². The van der Waals surface area contributed by atoms with Crippen molar-refractivity contribution in [3.05, 3.63) is 29.8 Å². The largest absolute Gasteiger partial charge is 0.508 e. The fraction of sp³-hybridized carbons (Fsp3) is 0.600. The standard InChI is InChI=1S/C15H25NO2/c1-11(2)9-15(4,18)10-16-12(3)13-7-5-6-8-14(13)17/h5-8,11-12,16-18H,9-10H2,1-4H3. The second-order valence-corrected chi connectivity index (χ2v) is 5.76. The molecule has 1 aromatic rings. The first-order valence-electron chi connectivity index (χ1n) is 6.55. The number of rotatable bonds is 6. The zero-order valence-electron chi connectivity index (χ0n) is 11.8. The number of phenols is 1. The Bertz CT molecular complexity index is 375. The molecule has 0 aliphatic rings. The van der Waals surface area contributed by atoms with Crippen LogP contribution >= 0.6 is 0 Å². The lowest BCUT2D eigenvalue weighted by Crippen LogP contribution is -2.39. The molecule has 3 heteroatoms. The van der Waals surface area contributed by atoms with Crippen LogP contribution in [-0.2, 0) is 0 Å². The summed E-state index contributed by atoms with van der Waals surface area (Å²) < 4.78 is 0. The molecule has 0 aliphatic heterocycles. The Labute approximate surface area is 110 Å². The number of hydrogen-bond acceptors (Lipinski definition) is 3. The van der Waals surface area contributed by atoms with E-state index in [1.54, 1.807) is 12.1 Å². The van der Waals surface area contributed by atoms with Gasteiger partial charge in [0.15, 0.2) is 0 Å². The van der Waals surface area contributed by atoms with E-state index in [0.717, 1.165) is 12.0 Å². The average molecular weight is 251 g/mol. The smallest absolute Gasteiger partial charge is 0.120 e. The van der Waals surface area contributed by atoms with Gasteiger partial charge in [-0.05, 0) is 32.3 Å². The van der Waals surface area contributed by atoms with Gasteiger partial charge in [-0.1, -0.05) is 32.0 Å². The van der Waals surface area contributed by atoms with E-state index in [9.17, 15) is 10.2 Å². The number of hydrogen-bond donors (Lipinski definition) is 3. The molecule has 0 amide bonds. The molecule has 0 fully saturated rings. The van der Waals surface area contributed by atoms with E-state index in [1.807, 2.05) is 26.0 Å². The van der Waals surface area contributed by atoms with Crippen molar-refractivity contribution in [3.8, 4) is 5.75 Å². The topological polar surface area (TPSA) is 52.5 Å². The van der Waals surface area contributed by atoms with E-state index < -0.39 is 5.60 Å². The van der Waals surface area contributed by atoms with E-state index in [2.05, 4.69) is 19.2 Å². The van der Waals surface area contributed by atoms with Gasteiger partial charge < -0.3 is 15.5 Å². The normalized spacial score (nSPS) is 16.6. The quantitative estimate of drug-likeness (QED) is 0.728. The maximum Gasteiger partial charge on any atom is 0.120 e. The molecule has 102 valence electrons. The lowest BCUT2D eigenvalue weighted by atomic mass is 9.94. The molecule has 1 aromatic carbocycles. The highest BCUT2D eigenvalue weighted by atomic mass is 16.3. The molecule has 2 atom stereocenters. The van der Waals surface area contributed by atoms with Crippen LogP contribution in [0.3, 0.4) is 0 Å². The third kappa shape index (κ3) is 4.67. The Hall–Kier alpha value is -1.06. The van der Waals surface area contributed by atoms with Gasteiger partial charge in [-0.15, -0.1) is 0 Å². The zero-order chi connectivity index (χ0) is 13.8. The maximum atomic E-state index is 10.2. The molecule has 0 heterocycles. The van der Waals surface area contributed by atoms with Crippen molar-refractivity contribution in [2.45, 2.75) is 45.8 Å². The van der Waals surface area contributed by atoms with Gasteiger partial charge in [0.2, 0.25) is 0 Å². The van der Waals surface area contributed by atoms with Crippen LogP contribution in [0.2, 0.25) is 0 Å². The summed E-state index contributed by atoms with van der Waals surface area (Å²) in [5.74, 6) is 0.753. The Balaban J connectivity index is 2.56. The van der Waals surface area contributed by atoms with Crippen molar-refractivity contribution >= 4 is 0 Å². The Kier molecular flexibility index (Phi) is 5.17. The first-order chi connectivity index (χ1) is 8.32. The minimum absolute atomic E-state index is 0.0184. The van der Waals surface area contributed by atoms with Crippen LogP contribution in [0, 0.1) is 5.92 Å². The lowest BCUT2D eigenvalue weighted by molar-refractivity contribution is 0.0363. The van der Waals surface area contributed by atoms with Gasteiger partial charge in [-0.3, -0.25) is 0 Å². The van der Waals surface area contributed by atoms with Crippen molar-refractivity contribution in [1.29, 1.82) is 0 Å². The fourth-order valence-corrected chi connectivity index (χ4v) is 2.29. The molecule has 0 aliphatic carbocycles. The number of phenolic OH excluding ortho intramolecular Hbond substituents is 1. The zero-order valence-corrected chi connectivity index (χ0v) is 11.8. The maximum absolute atomic E-state index is 10.2. The Morgan fingerprint density at radius 1 is 1.22 bits per heavy atom. The number of aromatic hydroxyl groups is 1. The number of aliphatic hydroxyl groups is 1. The molecule has 2 unspecified atom stereocenters. The summed E-state index contributed by atoms with van der Waals surface area (Å²) in [6.45, 7) is 8.54. The van der Waals surface area contributed by atoms with Crippen LogP contribution in [0.4, 0.5) is 0 Å². The van der Waals surface area contributed by atoms with E-state index in [4.69, 9.17) is 0 Å². The van der Waals surface area contributed by atoms with Crippen molar-refractivity contribution < 1.29 is 10.2 Å². The van der Waals surface area contributed by atoms with Crippen LogP contribution in [-0.4, -0.2) is 22.4 Å². The molecule has 0 saturated heterocycles. The fourth-order valence-electron chi connectivity index (χ4n) is 2.29. The van der Waals surface area contributed by atoms with Gasteiger partial charge in [0.1, 0.15) is 5.75 Å². The molecule has 0 saturated carbocycles. The lowest BCUT2D eigenvalue weighted by Gasteiger charge is -2.28. The highest BCUT2D eigenvalue weighted by Gasteiger charge is 2.22. The van der Waals surface area contributed by atoms with Gasteiger partial charge in [0.05, 0.1) is 5.60 Å². The van der Waals surface area contributed by atoms with E-state index in [1.165, 1.54) is 0 Å². The van der Waals surface area contributed by atoms with Gasteiger partial charge >= 0.3 is 0 Å². The Morgan fingerprint density at radius 2 is 1.83 bits per heavy atom. The molecule has 0 aromatic heterocycles. The third-order valence-corrected chi connectivity index (χ3v) is 3.04. The van der Waals surface area contributed by atoms with Crippen molar-refractivity contribution in [2.75, 3.05) is 6.54 Å². The molecule has 0 radical (unpaired) electrons. The second-order valence-electron chi connectivity index (χ2n) is 5.76. The number of para-hydroxylation sites is 1. The summed E-state index contributed by atoms with van der Waals surface area (Å²) in [6, 6.07) is 7.30. The monoisotopic (exact) mass is 251 g/mol. The van der Waals surface area contributed by atoms with Crippen LogP contribution in [0.15, 0.2) is 24.3 Å². The molecule has 1 rings (SSSR count).